The first kappa shape index (κ1) is 18.0. The Balaban J connectivity index is 0.000000220. The summed E-state index contributed by atoms with van der Waals surface area (Å²) >= 11 is 0. The standard InChI is InChI=1S/C9H14NO.C9H13NO/c2*1-2-3-4-9-5-7-10(11)8-6-9/h5-8,11H,2-4H2,1H3;5-8H,2-4H2,1H3/q+1;. The molecule has 0 saturated carbocycles. The molecule has 0 aliphatic rings. The van der Waals surface area contributed by atoms with E-state index in [1.54, 1.807) is 24.8 Å². The van der Waals surface area contributed by atoms with Gasteiger partial charge in [-0.1, -0.05) is 26.7 Å². The van der Waals surface area contributed by atoms with Crippen LogP contribution in [-0.2, 0) is 12.8 Å². The number of unbranched alkanes of at least 4 members (excludes halogenated alkanes) is 2. The molecule has 0 saturated heterocycles. The van der Waals surface area contributed by atoms with Crippen molar-refractivity contribution >= 4 is 0 Å². The van der Waals surface area contributed by atoms with Crippen molar-refractivity contribution in [1.82, 2.24) is 0 Å². The van der Waals surface area contributed by atoms with E-state index in [-0.39, 0.29) is 0 Å². The summed E-state index contributed by atoms with van der Waals surface area (Å²) in [6, 6.07) is 7.64. The molecule has 1 N–H and O–H groups in total. The molecule has 4 heteroatoms. The Hall–Kier alpha value is -2.10. The topological polar surface area (TPSA) is 51.0 Å². The third-order valence-electron chi connectivity index (χ3n) is 3.39. The van der Waals surface area contributed by atoms with Gasteiger partial charge in [-0.3, -0.25) is 5.21 Å². The maximum absolute atomic E-state index is 10.6. The molecule has 0 bridgehead atoms. The van der Waals surface area contributed by atoms with E-state index in [1.807, 2.05) is 24.3 Å². The zero-order valence-corrected chi connectivity index (χ0v) is 13.6. The van der Waals surface area contributed by atoms with E-state index in [2.05, 4.69) is 13.8 Å². The van der Waals surface area contributed by atoms with Crippen LogP contribution in [0.5, 0.6) is 0 Å². The van der Waals surface area contributed by atoms with Gasteiger partial charge in [0.15, 0.2) is 12.4 Å². The Morgan fingerprint density at radius 1 is 0.818 bits per heavy atom. The van der Waals surface area contributed by atoms with Gasteiger partial charge in [0, 0.05) is 29.0 Å². The van der Waals surface area contributed by atoms with Crippen LogP contribution in [0.25, 0.3) is 0 Å². The lowest BCUT2D eigenvalue weighted by Gasteiger charge is -1.98. The Labute approximate surface area is 133 Å². The largest absolute Gasteiger partial charge is 0.619 e. The van der Waals surface area contributed by atoms with Crippen molar-refractivity contribution < 1.29 is 14.7 Å². The molecule has 0 unspecified atom stereocenters. The normalized spacial score (nSPS) is 9.91. The van der Waals surface area contributed by atoms with E-state index >= 15 is 0 Å². The average Bonchev–Trinajstić information content (AvgIpc) is 2.54. The lowest BCUT2D eigenvalue weighted by atomic mass is 10.1. The lowest BCUT2D eigenvalue weighted by Crippen LogP contribution is -2.27. The summed E-state index contributed by atoms with van der Waals surface area (Å²) in [6.07, 6.45) is 13.4. The fraction of sp³-hybridized carbons (Fsp3) is 0.444. The zero-order chi connectivity index (χ0) is 16.2. The zero-order valence-electron chi connectivity index (χ0n) is 13.6. The van der Waals surface area contributed by atoms with Gasteiger partial charge in [0.1, 0.15) is 0 Å². The summed E-state index contributed by atoms with van der Waals surface area (Å²) in [5.74, 6) is 0. The second-order valence-corrected chi connectivity index (χ2v) is 5.36. The van der Waals surface area contributed by atoms with E-state index in [1.165, 1.54) is 36.8 Å². The predicted molar refractivity (Wildman–Crippen MR) is 86.4 cm³/mol. The molecule has 0 fully saturated rings. The highest BCUT2D eigenvalue weighted by Crippen LogP contribution is 2.02. The molecule has 0 aliphatic carbocycles. The first-order chi connectivity index (χ1) is 10.7. The average molecular weight is 303 g/mol. The molecule has 2 aromatic heterocycles. The highest BCUT2D eigenvalue weighted by atomic mass is 16.5. The van der Waals surface area contributed by atoms with Crippen LogP contribution in [-0.4, -0.2) is 5.21 Å². The molecule has 120 valence electrons. The number of hydrogen-bond acceptors (Lipinski definition) is 2. The first-order valence-corrected chi connectivity index (χ1v) is 8.02. The number of aryl methyl sites for hydroxylation is 2. The minimum atomic E-state index is 0.815. The SMILES string of the molecule is CCCCc1cc[n+](O)cc1.CCCCc1cc[n+]([O-])cc1. The van der Waals surface area contributed by atoms with Crippen molar-refractivity contribution in [2.24, 2.45) is 0 Å². The molecule has 2 aromatic rings. The van der Waals surface area contributed by atoms with Gasteiger partial charge >= 0.3 is 0 Å². The summed E-state index contributed by atoms with van der Waals surface area (Å²) in [5.41, 5.74) is 2.54. The van der Waals surface area contributed by atoms with Crippen LogP contribution in [0.4, 0.5) is 0 Å². The van der Waals surface area contributed by atoms with Gasteiger partial charge in [0.2, 0.25) is 12.4 Å². The molecule has 2 rings (SSSR count). The van der Waals surface area contributed by atoms with Gasteiger partial charge in [-0.05, 0) is 36.8 Å². The molecule has 0 aliphatic heterocycles. The summed E-state index contributed by atoms with van der Waals surface area (Å²) in [6.45, 7) is 4.34. The van der Waals surface area contributed by atoms with Crippen LogP contribution in [0.1, 0.15) is 50.7 Å². The maximum Gasteiger partial charge on any atom is 0.222 e. The van der Waals surface area contributed by atoms with Crippen LogP contribution in [0.15, 0.2) is 49.1 Å². The second kappa shape index (κ2) is 10.6. The van der Waals surface area contributed by atoms with E-state index in [4.69, 9.17) is 5.21 Å². The van der Waals surface area contributed by atoms with Crippen molar-refractivity contribution in [3.05, 3.63) is 65.4 Å². The Kier molecular flexibility index (Phi) is 8.65. The minimum absolute atomic E-state index is 0.815. The van der Waals surface area contributed by atoms with Crippen LogP contribution < -0.4 is 9.46 Å². The van der Waals surface area contributed by atoms with Crippen molar-refractivity contribution in [3.8, 4) is 0 Å². The van der Waals surface area contributed by atoms with Crippen molar-refractivity contribution in [2.45, 2.75) is 52.4 Å². The second-order valence-electron chi connectivity index (χ2n) is 5.36. The number of pyridine rings is 2. The molecule has 22 heavy (non-hydrogen) atoms. The van der Waals surface area contributed by atoms with Gasteiger partial charge in [-0.15, -0.1) is 0 Å². The first-order valence-electron chi connectivity index (χ1n) is 8.02. The molecule has 0 atom stereocenters. The van der Waals surface area contributed by atoms with Crippen LogP contribution in [0.2, 0.25) is 0 Å². The summed E-state index contributed by atoms with van der Waals surface area (Å²) < 4.78 is 1.88. The van der Waals surface area contributed by atoms with Gasteiger partial charge < -0.3 is 5.21 Å². The van der Waals surface area contributed by atoms with E-state index in [9.17, 15) is 5.21 Å². The highest BCUT2D eigenvalue weighted by molar-refractivity contribution is 5.07. The molecule has 0 amide bonds. The number of hydrogen-bond donors (Lipinski definition) is 1. The van der Waals surface area contributed by atoms with Gasteiger partial charge in [-0.2, -0.15) is 4.73 Å². The number of aromatic nitrogens is 2. The van der Waals surface area contributed by atoms with E-state index in [0.717, 1.165) is 22.3 Å². The van der Waals surface area contributed by atoms with Crippen molar-refractivity contribution in [3.63, 3.8) is 0 Å². The van der Waals surface area contributed by atoms with Gasteiger partial charge in [-0.25, -0.2) is 0 Å². The minimum Gasteiger partial charge on any atom is -0.619 e. The molecule has 2 heterocycles. The third-order valence-corrected chi connectivity index (χ3v) is 3.39. The number of nitrogens with zero attached hydrogens (tertiary/aromatic N) is 2. The molecule has 0 spiro atoms. The van der Waals surface area contributed by atoms with Crippen molar-refractivity contribution in [1.29, 1.82) is 0 Å². The monoisotopic (exact) mass is 303 g/mol. The Bertz CT molecular complexity index is 460. The molecule has 0 aromatic carbocycles. The quantitative estimate of drug-likeness (QED) is 0.506. The molecule has 4 nitrogen and oxygen atoms in total. The van der Waals surface area contributed by atoms with Gasteiger partial charge in [0.05, 0.1) is 0 Å². The fourth-order valence-corrected chi connectivity index (χ4v) is 1.99. The highest BCUT2D eigenvalue weighted by Gasteiger charge is 1.96. The molecular weight excluding hydrogens is 276 g/mol. The van der Waals surface area contributed by atoms with Crippen molar-refractivity contribution in [2.75, 3.05) is 0 Å². The molecular formula is C18H27N2O2+. The van der Waals surface area contributed by atoms with Gasteiger partial charge in [0.25, 0.3) is 0 Å². The van der Waals surface area contributed by atoms with E-state index < -0.39 is 0 Å². The maximum atomic E-state index is 10.6. The van der Waals surface area contributed by atoms with Crippen LogP contribution in [0.3, 0.4) is 0 Å². The predicted octanol–water partition coefficient (Wildman–Crippen LogP) is 3.22. The fourth-order valence-electron chi connectivity index (χ4n) is 1.99. The summed E-state index contributed by atoms with van der Waals surface area (Å²) in [7, 11) is 0. The lowest BCUT2D eigenvalue weighted by molar-refractivity contribution is -0.904. The molecule has 0 radical (unpaired) electrons. The Morgan fingerprint density at radius 3 is 1.64 bits per heavy atom. The Morgan fingerprint density at radius 2 is 1.23 bits per heavy atom. The third kappa shape index (κ3) is 7.62. The summed E-state index contributed by atoms with van der Waals surface area (Å²) in [4.78, 5) is 0. The smallest absolute Gasteiger partial charge is 0.222 e. The number of rotatable bonds is 6. The van der Waals surface area contributed by atoms with E-state index in [0.29, 0.717) is 0 Å². The summed E-state index contributed by atoms with van der Waals surface area (Å²) in [5, 5.41) is 19.5. The van der Waals surface area contributed by atoms with Crippen LogP contribution >= 0.6 is 0 Å². The van der Waals surface area contributed by atoms with Crippen LogP contribution in [0, 0.1) is 5.21 Å².